The zero-order chi connectivity index (χ0) is 10.9. The zero-order valence-electron chi connectivity index (χ0n) is 9.51. The Morgan fingerprint density at radius 3 is 2.73 bits per heavy atom. The van der Waals surface area contributed by atoms with Gasteiger partial charge in [-0.2, -0.15) is 0 Å². The van der Waals surface area contributed by atoms with Crippen molar-refractivity contribution in [2.45, 2.75) is 45.1 Å². The molecule has 0 aliphatic heterocycles. The van der Waals surface area contributed by atoms with Crippen LogP contribution >= 0.6 is 0 Å². The van der Waals surface area contributed by atoms with Crippen molar-refractivity contribution in [1.82, 2.24) is 4.98 Å². The van der Waals surface area contributed by atoms with E-state index in [4.69, 9.17) is 5.73 Å². The number of nitrogens with two attached hydrogens (primary N) is 1. The molecular weight excluding hydrogens is 186 g/mol. The number of nitrogen functional groups attached to an aromatic ring is 1. The van der Waals surface area contributed by atoms with Crippen LogP contribution in [0.3, 0.4) is 0 Å². The number of anilines is 2. The third kappa shape index (κ3) is 2.06. The highest BCUT2D eigenvalue weighted by atomic mass is 15.1. The summed E-state index contributed by atoms with van der Waals surface area (Å²) < 4.78 is 0. The molecule has 82 valence electrons. The van der Waals surface area contributed by atoms with Crippen LogP contribution in [0.1, 0.15) is 38.2 Å². The average molecular weight is 205 g/mol. The number of rotatable bonds is 2. The van der Waals surface area contributed by atoms with Crippen molar-refractivity contribution >= 4 is 11.5 Å². The van der Waals surface area contributed by atoms with E-state index >= 15 is 0 Å². The first-order valence-corrected chi connectivity index (χ1v) is 5.60. The molecule has 1 fully saturated rings. The smallest absolute Gasteiger partial charge is 0.149 e. The number of hydrogen-bond donors (Lipinski definition) is 2. The highest BCUT2D eigenvalue weighted by molar-refractivity contribution is 5.65. The maximum Gasteiger partial charge on any atom is 0.149 e. The molecule has 1 aromatic rings. The van der Waals surface area contributed by atoms with Crippen molar-refractivity contribution < 1.29 is 0 Å². The molecule has 1 heterocycles. The Kier molecular flexibility index (Phi) is 2.55. The van der Waals surface area contributed by atoms with E-state index in [1.54, 1.807) is 0 Å². The van der Waals surface area contributed by atoms with Crippen molar-refractivity contribution in [3.63, 3.8) is 0 Å². The van der Waals surface area contributed by atoms with Crippen molar-refractivity contribution in [2.75, 3.05) is 11.1 Å². The Bertz CT molecular complexity index is 354. The molecule has 1 aliphatic rings. The fraction of sp³-hybridized carbons (Fsp3) is 0.583. The molecule has 1 aliphatic carbocycles. The van der Waals surface area contributed by atoms with E-state index < -0.39 is 0 Å². The van der Waals surface area contributed by atoms with Gasteiger partial charge in [0.1, 0.15) is 5.82 Å². The third-order valence-corrected chi connectivity index (χ3v) is 3.34. The number of pyridine rings is 1. The van der Waals surface area contributed by atoms with Crippen molar-refractivity contribution in [1.29, 1.82) is 0 Å². The minimum absolute atomic E-state index is 0.189. The molecule has 0 saturated heterocycles. The van der Waals surface area contributed by atoms with Crippen LogP contribution in [-0.4, -0.2) is 10.5 Å². The van der Waals surface area contributed by atoms with Gasteiger partial charge < -0.3 is 11.1 Å². The maximum absolute atomic E-state index is 5.99. The quantitative estimate of drug-likeness (QED) is 0.780. The fourth-order valence-corrected chi connectivity index (χ4v) is 2.24. The molecule has 0 radical (unpaired) electrons. The van der Waals surface area contributed by atoms with Gasteiger partial charge in [-0.3, -0.25) is 0 Å². The van der Waals surface area contributed by atoms with Crippen LogP contribution in [0.5, 0.6) is 0 Å². The Balaban J connectivity index is 2.20. The van der Waals surface area contributed by atoms with Gasteiger partial charge in [-0.1, -0.05) is 12.8 Å². The SMILES string of the molecule is Cc1ccnc(NC2(C)CCCC2)c1N. The Labute approximate surface area is 91.1 Å². The first kappa shape index (κ1) is 10.3. The molecular formula is C12H19N3. The minimum atomic E-state index is 0.189. The van der Waals surface area contributed by atoms with Gasteiger partial charge in [0, 0.05) is 11.7 Å². The van der Waals surface area contributed by atoms with Crippen LogP contribution < -0.4 is 11.1 Å². The predicted octanol–water partition coefficient (Wildman–Crippen LogP) is 2.72. The number of aryl methyl sites for hydroxylation is 1. The topological polar surface area (TPSA) is 50.9 Å². The molecule has 3 N–H and O–H groups in total. The second-order valence-corrected chi connectivity index (χ2v) is 4.78. The van der Waals surface area contributed by atoms with Gasteiger partial charge >= 0.3 is 0 Å². The summed E-state index contributed by atoms with van der Waals surface area (Å²) in [6.07, 6.45) is 6.83. The van der Waals surface area contributed by atoms with E-state index in [1.807, 2.05) is 19.2 Å². The van der Waals surface area contributed by atoms with Crippen LogP contribution in [-0.2, 0) is 0 Å². The number of hydrogen-bond acceptors (Lipinski definition) is 3. The van der Waals surface area contributed by atoms with Gasteiger partial charge in [0.15, 0.2) is 0 Å². The molecule has 1 saturated carbocycles. The number of nitrogens with one attached hydrogen (secondary N) is 1. The molecule has 3 nitrogen and oxygen atoms in total. The van der Waals surface area contributed by atoms with E-state index in [-0.39, 0.29) is 5.54 Å². The lowest BCUT2D eigenvalue weighted by molar-refractivity contribution is 0.531. The Morgan fingerprint density at radius 2 is 2.07 bits per heavy atom. The van der Waals surface area contributed by atoms with E-state index in [0.29, 0.717) is 0 Å². The lowest BCUT2D eigenvalue weighted by atomic mass is 10.0. The summed E-state index contributed by atoms with van der Waals surface area (Å²) in [4.78, 5) is 4.31. The molecule has 0 spiro atoms. The van der Waals surface area contributed by atoms with Gasteiger partial charge in [0.2, 0.25) is 0 Å². The third-order valence-electron chi connectivity index (χ3n) is 3.34. The predicted molar refractivity (Wildman–Crippen MR) is 63.9 cm³/mol. The van der Waals surface area contributed by atoms with Gasteiger partial charge in [-0.15, -0.1) is 0 Å². The van der Waals surface area contributed by atoms with Gasteiger partial charge in [0.25, 0.3) is 0 Å². The largest absolute Gasteiger partial charge is 0.396 e. The van der Waals surface area contributed by atoms with E-state index in [2.05, 4.69) is 17.2 Å². The van der Waals surface area contributed by atoms with Crippen molar-refractivity contribution in [2.24, 2.45) is 0 Å². The summed E-state index contributed by atoms with van der Waals surface area (Å²) in [5, 5.41) is 3.49. The highest BCUT2D eigenvalue weighted by Crippen LogP contribution is 2.33. The van der Waals surface area contributed by atoms with Crippen LogP contribution in [0, 0.1) is 6.92 Å². The van der Waals surface area contributed by atoms with Crippen LogP contribution in [0.2, 0.25) is 0 Å². The maximum atomic E-state index is 5.99. The Morgan fingerprint density at radius 1 is 1.40 bits per heavy atom. The van der Waals surface area contributed by atoms with E-state index in [1.165, 1.54) is 25.7 Å². The minimum Gasteiger partial charge on any atom is -0.396 e. The second kappa shape index (κ2) is 3.72. The first-order valence-electron chi connectivity index (χ1n) is 5.60. The summed E-state index contributed by atoms with van der Waals surface area (Å²) in [7, 11) is 0. The average Bonchev–Trinajstić information content (AvgIpc) is 2.60. The van der Waals surface area contributed by atoms with Gasteiger partial charge in [-0.05, 0) is 38.3 Å². The van der Waals surface area contributed by atoms with Crippen LogP contribution in [0.25, 0.3) is 0 Å². The molecule has 0 aromatic carbocycles. The number of aromatic nitrogens is 1. The second-order valence-electron chi connectivity index (χ2n) is 4.78. The first-order chi connectivity index (χ1) is 7.11. The standard InChI is InChI=1S/C12H19N3/c1-9-5-8-14-11(10(9)13)15-12(2)6-3-4-7-12/h5,8H,3-4,6-7,13H2,1-2H3,(H,14,15). The monoisotopic (exact) mass is 205 g/mol. The normalized spacial score (nSPS) is 19.1. The molecule has 2 rings (SSSR count). The van der Waals surface area contributed by atoms with Crippen LogP contribution in [0.15, 0.2) is 12.3 Å². The van der Waals surface area contributed by atoms with Crippen LogP contribution in [0.4, 0.5) is 11.5 Å². The highest BCUT2D eigenvalue weighted by Gasteiger charge is 2.29. The molecule has 15 heavy (non-hydrogen) atoms. The lowest BCUT2D eigenvalue weighted by Gasteiger charge is -2.26. The lowest BCUT2D eigenvalue weighted by Crippen LogP contribution is -2.31. The van der Waals surface area contributed by atoms with Gasteiger partial charge in [-0.25, -0.2) is 4.98 Å². The molecule has 0 bridgehead atoms. The summed E-state index contributed by atoms with van der Waals surface area (Å²) >= 11 is 0. The molecule has 0 amide bonds. The molecule has 3 heteroatoms. The van der Waals surface area contributed by atoms with Gasteiger partial charge in [0.05, 0.1) is 5.69 Å². The van der Waals surface area contributed by atoms with E-state index in [9.17, 15) is 0 Å². The molecule has 1 aromatic heterocycles. The van der Waals surface area contributed by atoms with Crippen molar-refractivity contribution in [3.8, 4) is 0 Å². The number of nitrogens with zero attached hydrogens (tertiary/aromatic N) is 1. The van der Waals surface area contributed by atoms with E-state index in [0.717, 1.165) is 17.1 Å². The summed E-state index contributed by atoms with van der Waals surface area (Å²) in [6, 6.07) is 1.94. The summed E-state index contributed by atoms with van der Waals surface area (Å²) in [5.74, 6) is 0.847. The molecule has 0 unspecified atom stereocenters. The molecule has 0 atom stereocenters. The Hall–Kier alpha value is -1.25. The summed E-state index contributed by atoms with van der Waals surface area (Å²) in [5.41, 5.74) is 8.06. The van der Waals surface area contributed by atoms with Crippen molar-refractivity contribution in [3.05, 3.63) is 17.8 Å². The zero-order valence-corrected chi connectivity index (χ0v) is 9.51. The summed E-state index contributed by atoms with van der Waals surface area (Å²) in [6.45, 7) is 4.27. The fourth-order valence-electron chi connectivity index (χ4n) is 2.24.